The van der Waals surface area contributed by atoms with Crippen LogP contribution in [0.4, 0.5) is 0 Å². The minimum Gasteiger partial charge on any atom is -0.497 e. The molecule has 1 unspecified atom stereocenters. The molecule has 0 saturated carbocycles. The summed E-state index contributed by atoms with van der Waals surface area (Å²) < 4.78 is 16.8. The van der Waals surface area contributed by atoms with Gasteiger partial charge < -0.3 is 19.1 Å². The second-order valence-electron chi connectivity index (χ2n) is 9.34. The first-order chi connectivity index (χ1) is 15.4. The third kappa shape index (κ3) is 3.02. The van der Waals surface area contributed by atoms with Crippen molar-refractivity contribution in [2.24, 2.45) is 5.41 Å². The molecule has 0 spiro atoms. The van der Waals surface area contributed by atoms with Gasteiger partial charge in [-0.1, -0.05) is 32.1 Å². The molecule has 0 fully saturated rings. The highest BCUT2D eigenvalue weighted by atomic mass is 16.5. The minimum atomic E-state index is -0.394. The van der Waals surface area contributed by atoms with E-state index in [4.69, 9.17) is 14.2 Å². The zero-order chi connectivity index (χ0) is 22.6. The zero-order valence-corrected chi connectivity index (χ0v) is 19.3. The van der Waals surface area contributed by atoms with E-state index in [1.807, 2.05) is 19.9 Å². The van der Waals surface area contributed by atoms with Gasteiger partial charge in [-0.15, -0.1) is 0 Å². The van der Waals surface area contributed by atoms with Crippen LogP contribution in [0.25, 0.3) is 21.5 Å². The molecular weight excluding hydrogens is 402 g/mol. The zero-order valence-electron chi connectivity index (χ0n) is 19.3. The summed E-state index contributed by atoms with van der Waals surface area (Å²) in [6.45, 7) is 4.68. The Bertz CT molecular complexity index is 1270. The maximum atomic E-state index is 13.4. The van der Waals surface area contributed by atoms with Gasteiger partial charge in [0.25, 0.3) is 0 Å². The van der Waals surface area contributed by atoms with Crippen LogP contribution in [-0.2, 0) is 17.8 Å². The molecule has 0 aromatic heterocycles. The molecule has 0 radical (unpaired) electrons. The van der Waals surface area contributed by atoms with Gasteiger partial charge in [0.2, 0.25) is 5.91 Å². The molecule has 1 amide bonds. The van der Waals surface area contributed by atoms with E-state index in [9.17, 15) is 4.79 Å². The van der Waals surface area contributed by atoms with Crippen molar-refractivity contribution in [3.8, 4) is 17.2 Å². The van der Waals surface area contributed by atoms with E-state index in [0.717, 1.165) is 40.1 Å². The third-order valence-electron chi connectivity index (χ3n) is 7.02. The highest BCUT2D eigenvalue weighted by Gasteiger charge is 2.39. The fourth-order valence-corrected chi connectivity index (χ4v) is 5.22. The number of hydrogen-bond donors (Lipinski definition) is 0. The van der Waals surface area contributed by atoms with Crippen LogP contribution in [0, 0.1) is 5.41 Å². The van der Waals surface area contributed by atoms with Crippen LogP contribution < -0.4 is 14.2 Å². The first-order valence-corrected chi connectivity index (χ1v) is 11.0. The van der Waals surface area contributed by atoms with Gasteiger partial charge in [0, 0.05) is 12.0 Å². The Morgan fingerprint density at radius 2 is 1.56 bits per heavy atom. The van der Waals surface area contributed by atoms with Gasteiger partial charge in [-0.3, -0.25) is 4.79 Å². The number of ether oxygens (including phenoxy) is 3. The summed E-state index contributed by atoms with van der Waals surface area (Å²) in [5, 5.41) is 4.49. The number of rotatable bonds is 3. The molecule has 0 saturated heterocycles. The van der Waals surface area contributed by atoms with Crippen LogP contribution in [-0.4, -0.2) is 38.2 Å². The van der Waals surface area contributed by atoms with Gasteiger partial charge >= 0.3 is 0 Å². The lowest BCUT2D eigenvalue weighted by molar-refractivity contribution is -0.142. The van der Waals surface area contributed by atoms with E-state index in [-0.39, 0.29) is 11.9 Å². The Hall–Kier alpha value is -3.21. The Kier molecular flexibility index (Phi) is 4.81. The number of fused-ring (bicyclic) bond motifs is 7. The number of benzene rings is 3. The number of nitrogens with zero attached hydrogens (tertiary/aromatic N) is 1. The number of carbonyl (C=O) groups is 1. The number of allylic oxidation sites excluding steroid dienone is 1. The van der Waals surface area contributed by atoms with Crippen molar-refractivity contribution in [3.63, 3.8) is 0 Å². The highest BCUT2D eigenvalue weighted by Crippen LogP contribution is 2.44. The molecule has 3 aromatic carbocycles. The first-order valence-electron chi connectivity index (χ1n) is 11.0. The highest BCUT2D eigenvalue weighted by molar-refractivity contribution is 6.12. The molecule has 1 atom stereocenters. The first kappa shape index (κ1) is 20.7. The topological polar surface area (TPSA) is 48.0 Å². The maximum Gasteiger partial charge on any atom is 0.229 e. The lowest BCUT2D eigenvalue weighted by atomic mass is 9.83. The van der Waals surface area contributed by atoms with Crippen LogP contribution >= 0.6 is 0 Å². The molecule has 2 aliphatic heterocycles. The lowest BCUT2D eigenvalue weighted by Crippen LogP contribution is -2.47. The summed E-state index contributed by atoms with van der Waals surface area (Å²) in [6, 6.07) is 10.4. The number of methoxy groups -OCH3 is 3. The van der Waals surface area contributed by atoms with Gasteiger partial charge in [0.15, 0.2) is 11.5 Å². The largest absolute Gasteiger partial charge is 0.497 e. The standard InChI is InChI=1S/C27H29NO4/c1-27(2)10-6-7-16-11-19-21-13-24(31-4)25(32-5)14-22(21)20-12-17(30-3)8-9-18(20)23(19)15-28(16)26(27)29/h6-9,12-14,16H,10-11,15H2,1-5H3. The summed E-state index contributed by atoms with van der Waals surface area (Å²) in [4.78, 5) is 15.5. The molecule has 166 valence electrons. The average molecular weight is 432 g/mol. The molecule has 0 aliphatic carbocycles. The SMILES string of the molecule is COc1ccc2c3c(c4cc(OC)c(OC)cc4c2c1)CC1C=CCC(C)(C)C(=O)N1C3. The lowest BCUT2D eigenvalue weighted by Gasteiger charge is -2.39. The van der Waals surface area contributed by atoms with E-state index in [1.54, 1.807) is 21.3 Å². The van der Waals surface area contributed by atoms with Crippen molar-refractivity contribution in [2.45, 2.75) is 39.3 Å². The molecule has 5 rings (SSSR count). The molecule has 2 heterocycles. The Balaban J connectivity index is 1.83. The molecule has 0 bridgehead atoms. The van der Waals surface area contributed by atoms with Crippen molar-refractivity contribution in [2.75, 3.05) is 21.3 Å². The molecule has 5 heteroatoms. The summed E-state index contributed by atoms with van der Waals surface area (Å²) >= 11 is 0. The molecule has 2 aliphatic rings. The monoisotopic (exact) mass is 431 g/mol. The van der Waals surface area contributed by atoms with E-state index in [2.05, 4.69) is 41.3 Å². The fourth-order valence-electron chi connectivity index (χ4n) is 5.22. The quantitative estimate of drug-likeness (QED) is 0.419. The van der Waals surface area contributed by atoms with Crippen LogP contribution in [0.5, 0.6) is 17.2 Å². The van der Waals surface area contributed by atoms with Gasteiger partial charge in [0.05, 0.1) is 27.4 Å². The van der Waals surface area contributed by atoms with Crippen molar-refractivity contribution in [1.82, 2.24) is 4.90 Å². The Morgan fingerprint density at radius 3 is 2.25 bits per heavy atom. The van der Waals surface area contributed by atoms with Gasteiger partial charge in [-0.2, -0.15) is 0 Å². The average Bonchev–Trinajstić information content (AvgIpc) is 2.92. The van der Waals surface area contributed by atoms with E-state index in [0.29, 0.717) is 18.0 Å². The molecule has 0 N–H and O–H groups in total. The van der Waals surface area contributed by atoms with Crippen molar-refractivity contribution >= 4 is 27.5 Å². The Morgan fingerprint density at radius 1 is 0.875 bits per heavy atom. The number of carbonyl (C=O) groups excluding carboxylic acids is 1. The Labute approximate surface area is 188 Å². The summed E-state index contributed by atoms with van der Waals surface area (Å²) in [6.07, 6.45) is 5.92. The summed E-state index contributed by atoms with van der Waals surface area (Å²) in [7, 11) is 5.00. The predicted molar refractivity (Wildman–Crippen MR) is 127 cm³/mol. The second-order valence-corrected chi connectivity index (χ2v) is 9.34. The van der Waals surface area contributed by atoms with E-state index >= 15 is 0 Å². The van der Waals surface area contributed by atoms with Crippen LogP contribution in [0.15, 0.2) is 42.5 Å². The number of amides is 1. The van der Waals surface area contributed by atoms with Crippen LogP contribution in [0.1, 0.15) is 31.4 Å². The minimum absolute atomic E-state index is 0.0590. The molecule has 5 nitrogen and oxygen atoms in total. The van der Waals surface area contributed by atoms with Crippen molar-refractivity contribution < 1.29 is 19.0 Å². The van der Waals surface area contributed by atoms with Crippen LogP contribution in [0.2, 0.25) is 0 Å². The smallest absolute Gasteiger partial charge is 0.229 e. The number of hydrogen-bond acceptors (Lipinski definition) is 4. The van der Waals surface area contributed by atoms with Crippen LogP contribution in [0.3, 0.4) is 0 Å². The van der Waals surface area contributed by atoms with Crippen molar-refractivity contribution in [3.05, 3.63) is 53.6 Å². The molecular formula is C27H29NO4. The maximum absolute atomic E-state index is 13.4. The normalized spacial score (nSPS) is 19.5. The van der Waals surface area contributed by atoms with E-state index in [1.165, 1.54) is 11.1 Å². The summed E-state index contributed by atoms with van der Waals surface area (Å²) in [5.41, 5.74) is 2.09. The third-order valence-corrected chi connectivity index (χ3v) is 7.02. The van der Waals surface area contributed by atoms with Crippen molar-refractivity contribution in [1.29, 1.82) is 0 Å². The van der Waals surface area contributed by atoms with Gasteiger partial charge in [-0.05, 0) is 69.8 Å². The van der Waals surface area contributed by atoms with E-state index < -0.39 is 5.41 Å². The summed E-state index contributed by atoms with van der Waals surface area (Å²) in [5.74, 6) is 2.43. The molecule has 3 aromatic rings. The second kappa shape index (κ2) is 7.44. The van der Waals surface area contributed by atoms with Gasteiger partial charge in [-0.25, -0.2) is 0 Å². The van der Waals surface area contributed by atoms with Gasteiger partial charge in [0.1, 0.15) is 5.75 Å². The predicted octanol–water partition coefficient (Wildman–Crippen LogP) is 5.26. The fraction of sp³-hybridized carbons (Fsp3) is 0.370. The molecule has 32 heavy (non-hydrogen) atoms.